The van der Waals surface area contributed by atoms with Crippen molar-refractivity contribution in [3.05, 3.63) is 64.1 Å². The Hall–Kier alpha value is -3.83. The molecule has 0 atom stereocenters. The number of nitrogens with zero attached hydrogens (tertiary/aromatic N) is 2. The molecule has 0 unspecified atom stereocenters. The predicted molar refractivity (Wildman–Crippen MR) is 117 cm³/mol. The normalized spacial score (nSPS) is 11.7. The van der Waals surface area contributed by atoms with Gasteiger partial charge in [-0.25, -0.2) is 18.7 Å². The van der Waals surface area contributed by atoms with Crippen molar-refractivity contribution in [1.82, 2.24) is 20.3 Å². The van der Waals surface area contributed by atoms with Gasteiger partial charge in [0.05, 0.1) is 11.3 Å². The lowest BCUT2D eigenvalue weighted by atomic mass is 10.0. The van der Waals surface area contributed by atoms with E-state index in [0.717, 1.165) is 12.1 Å². The summed E-state index contributed by atoms with van der Waals surface area (Å²) in [6.45, 7) is 2.49. The summed E-state index contributed by atoms with van der Waals surface area (Å²) in [4.78, 5) is 34.5. The van der Waals surface area contributed by atoms with Gasteiger partial charge in [-0.1, -0.05) is 19.9 Å². The van der Waals surface area contributed by atoms with Crippen molar-refractivity contribution in [1.29, 1.82) is 0 Å². The van der Waals surface area contributed by atoms with Gasteiger partial charge in [-0.2, -0.15) is 13.2 Å². The molecule has 0 saturated heterocycles. The van der Waals surface area contributed by atoms with Crippen molar-refractivity contribution >= 4 is 5.91 Å². The van der Waals surface area contributed by atoms with Gasteiger partial charge in [0.2, 0.25) is 11.8 Å². The molecule has 0 aliphatic carbocycles. The Labute approximate surface area is 196 Å². The summed E-state index contributed by atoms with van der Waals surface area (Å²) in [5.41, 5.74) is -1.46. The van der Waals surface area contributed by atoms with Crippen molar-refractivity contribution in [3.63, 3.8) is 0 Å². The Morgan fingerprint density at radius 1 is 1.14 bits per heavy atom. The number of nitrogens with one attached hydrogen (secondary N) is 2. The highest BCUT2D eigenvalue weighted by atomic mass is 19.4. The first-order valence-electron chi connectivity index (χ1n) is 10.4. The number of H-pyrrole nitrogens is 1. The second-order valence-corrected chi connectivity index (χ2v) is 7.82. The molecule has 0 radical (unpaired) electrons. The third-order valence-corrected chi connectivity index (χ3v) is 4.77. The number of hydrogen-bond acceptors (Lipinski definition) is 5. The van der Waals surface area contributed by atoms with E-state index in [1.54, 1.807) is 13.8 Å². The van der Waals surface area contributed by atoms with Crippen LogP contribution >= 0.6 is 0 Å². The first-order valence-corrected chi connectivity index (χ1v) is 10.4. The minimum absolute atomic E-state index is 0.0169. The number of hydrogen-bond donors (Lipinski definition) is 2. The number of pyridine rings is 1. The number of amides is 1. The molecule has 0 aliphatic heterocycles. The minimum Gasteiger partial charge on any atom is -0.472 e. The Balaban J connectivity index is 2.00. The molecule has 2 aromatic heterocycles. The third-order valence-electron chi connectivity index (χ3n) is 4.77. The average Bonchev–Trinajstić information content (AvgIpc) is 2.80. The molecular weight excluding hydrogens is 475 g/mol. The number of carbonyl (C=O) groups excluding carboxylic acids is 1. The van der Waals surface area contributed by atoms with E-state index >= 15 is 0 Å². The fourth-order valence-corrected chi connectivity index (χ4v) is 3.04. The summed E-state index contributed by atoms with van der Waals surface area (Å²) < 4.78 is 70.5. The number of aromatic nitrogens is 3. The fourth-order valence-electron chi connectivity index (χ4n) is 3.04. The van der Waals surface area contributed by atoms with E-state index in [2.05, 4.69) is 20.3 Å². The number of ether oxygens (including phenoxy) is 1. The SMILES string of the molecule is CC(C)C(=O)NCc1ccc(C(F)(F)F)c(-c2nc(-c3ccc(OCC(F)F)nc3)cc(=O)[nH]2)c1. The number of aromatic amines is 1. The lowest BCUT2D eigenvalue weighted by molar-refractivity contribution is -0.137. The number of rotatable bonds is 8. The highest BCUT2D eigenvalue weighted by molar-refractivity contribution is 5.78. The Morgan fingerprint density at radius 2 is 1.89 bits per heavy atom. The fraction of sp³-hybridized carbons (Fsp3) is 0.304. The molecule has 3 aromatic rings. The van der Waals surface area contributed by atoms with Crippen LogP contribution in [0, 0.1) is 5.92 Å². The summed E-state index contributed by atoms with van der Waals surface area (Å²) in [7, 11) is 0. The Bertz CT molecular complexity index is 1240. The average molecular weight is 496 g/mol. The molecule has 0 aliphatic rings. The van der Waals surface area contributed by atoms with Crippen molar-refractivity contribution < 1.29 is 31.5 Å². The van der Waals surface area contributed by atoms with Crippen molar-refractivity contribution in [3.8, 4) is 28.5 Å². The second kappa shape index (κ2) is 10.6. The van der Waals surface area contributed by atoms with Gasteiger partial charge in [0, 0.05) is 41.9 Å². The molecular formula is C23H21F5N4O3. The van der Waals surface area contributed by atoms with E-state index in [-0.39, 0.29) is 46.9 Å². The van der Waals surface area contributed by atoms with Crippen molar-refractivity contribution in [2.24, 2.45) is 5.92 Å². The smallest absolute Gasteiger partial charge is 0.417 e. The zero-order valence-corrected chi connectivity index (χ0v) is 18.6. The summed E-state index contributed by atoms with van der Waals surface area (Å²) in [5.74, 6) is -1.00. The molecule has 12 heteroatoms. The van der Waals surface area contributed by atoms with Crippen LogP contribution in [0.25, 0.3) is 22.6 Å². The van der Waals surface area contributed by atoms with Crippen LogP contribution in [0.3, 0.4) is 0 Å². The van der Waals surface area contributed by atoms with Crippen LogP contribution in [0.15, 0.2) is 47.4 Å². The summed E-state index contributed by atoms with van der Waals surface area (Å²) in [6.07, 6.45) is -6.23. The van der Waals surface area contributed by atoms with Gasteiger partial charge in [-0.3, -0.25) is 9.59 Å². The molecule has 2 N–H and O–H groups in total. The molecule has 3 rings (SSSR count). The highest BCUT2D eigenvalue weighted by Crippen LogP contribution is 2.36. The molecule has 2 heterocycles. The molecule has 186 valence electrons. The second-order valence-electron chi connectivity index (χ2n) is 7.82. The van der Waals surface area contributed by atoms with E-state index in [0.29, 0.717) is 5.56 Å². The van der Waals surface area contributed by atoms with E-state index < -0.39 is 30.3 Å². The van der Waals surface area contributed by atoms with Crippen LogP contribution in [-0.2, 0) is 17.5 Å². The van der Waals surface area contributed by atoms with Gasteiger partial charge in [-0.05, 0) is 23.8 Å². The summed E-state index contributed by atoms with van der Waals surface area (Å²) in [6, 6.07) is 7.03. The molecule has 0 spiro atoms. The summed E-state index contributed by atoms with van der Waals surface area (Å²) in [5, 5.41) is 2.63. The largest absolute Gasteiger partial charge is 0.472 e. The first kappa shape index (κ1) is 25.8. The van der Waals surface area contributed by atoms with E-state index in [4.69, 9.17) is 4.74 Å². The maximum atomic E-state index is 13.7. The van der Waals surface area contributed by atoms with Gasteiger partial charge in [-0.15, -0.1) is 0 Å². The molecule has 0 fully saturated rings. The van der Waals surface area contributed by atoms with Crippen LogP contribution in [0.4, 0.5) is 22.0 Å². The predicted octanol–water partition coefficient (Wildman–Crippen LogP) is 4.43. The van der Waals surface area contributed by atoms with E-state index in [1.807, 2.05) is 0 Å². The standard InChI is InChI=1S/C23H21F5N4O3/c1-12(2)22(34)30-9-13-3-5-16(23(26,27)28)15(7-13)21-31-17(8-19(33)32-21)14-4-6-20(29-10-14)35-11-18(24)25/h3-8,10,12,18H,9,11H2,1-2H3,(H,30,34)(H,31,32,33). The zero-order chi connectivity index (χ0) is 25.8. The van der Waals surface area contributed by atoms with Crippen molar-refractivity contribution in [2.45, 2.75) is 33.0 Å². The van der Waals surface area contributed by atoms with E-state index in [9.17, 15) is 31.5 Å². The molecule has 0 saturated carbocycles. The maximum Gasteiger partial charge on any atom is 0.417 e. The number of benzene rings is 1. The number of alkyl halides is 5. The van der Waals surface area contributed by atoms with Crippen LogP contribution in [0.1, 0.15) is 25.0 Å². The van der Waals surface area contributed by atoms with Crippen molar-refractivity contribution in [2.75, 3.05) is 6.61 Å². The van der Waals surface area contributed by atoms with E-state index in [1.165, 1.54) is 30.5 Å². The van der Waals surface area contributed by atoms with Gasteiger partial charge < -0.3 is 15.0 Å². The van der Waals surface area contributed by atoms with Crippen LogP contribution < -0.4 is 15.6 Å². The van der Waals surface area contributed by atoms with Crippen LogP contribution in [0.5, 0.6) is 5.88 Å². The molecule has 35 heavy (non-hydrogen) atoms. The quantitative estimate of drug-likeness (QED) is 0.450. The lowest BCUT2D eigenvalue weighted by Crippen LogP contribution is -2.27. The van der Waals surface area contributed by atoms with Gasteiger partial charge in [0.25, 0.3) is 12.0 Å². The molecule has 1 aromatic carbocycles. The van der Waals surface area contributed by atoms with Gasteiger partial charge >= 0.3 is 6.18 Å². The van der Waals surface area contributed by atoms with Crippen LogP contribution in [-0.4, -0.2) is 33.9 Å². The highest BCUT2D eigenvalue weighted by Gasteiger charge is 2.34. The lowest BCUT2D eigenvalue weighted by Gasteiger charge is -2.15. The Kier molecular flexibility index (Phi) is 7.82. The van der Waals surface area contributed by atoms with Crippen LogP contribution in [0.2, 0.25) is 0 Å². The number of halogens is 5. The molecule has 7 nitrogen and oxygen atoms in total. The Morgan fingerprint density at radius 3 is 2.49 bits per heavy atom. The number of carbonyl (C=O) groups is 1. The topological polar surface area (TPSA) is 97.0 Å². The van der Waals surface area contributed by atoms with Gasteiger partial charge in [0.15, 0.2) is 6.61 Å². The first-order chi connectivity index (χ1) is 16.4. The van der Waals surface area contributed by atoms with Gasteiger partial charge in [0.1, 0.15) is 5.82 Å². The molecule has 0 bridgehead atoms. The molecule has 1 amide bonds. The summed E-state index contributed by atoms with van der Waals surface area (Å²) >= 11 is 0. The monoisotopic (exact) mass is 496 g/mol. The minimum atomic E-state index is -4.74. The zero-order valence-electron chi connectivity index (χ0n) is 18.6. The third kappa shape index (κ3) is 6.84. The maximum absolute atomic E-state index is 13.7.